The summed E-state index contributed by atoms with van der Waals surface area (Å²) < 4.78 is 1.48. The molecule has 0 amide bonds. The van der Waals surface area contributed by atoms with Crippen LogP contribution in [-0.2, 0) is 12.8 Å². The molecule has 0 spiro atoms. The smallest absolute Gasteiger partial charge is 0.0389 e. The number of aryl methyl sites for hydroxylation is 3. The van der Waals surface area contributed by atoms with E-state index < -0.39 is 0 Å². The highest BCUT2D eigenvalue weighted by Gasteiger charge is 2.17. The molecule has 0 saturated carbocycles. The average Bonchev–Trinajstić information content (AvgIpc) is 2.92. The molecular formula is C16H21NS. The Kier molecular flexibility index (Phi) is 3.16. The molecule has 1 unspecified atom stereocenters. The van der Waals surface area contributed by atoms with E-state index in [1.807, 2.05) is 11.3 Å². The van der Waals surface area contributed by atoms with Crippen molar-refractivity contribution in [2.75, 3.05) is 6.54 Å². The van der Waals surface area contributed by atoms with Crippen LogP contribution < -0.4 is 5.32 Å². The van der Waals surface area contributed by atoms with E-state index in [-0.39, 0.29) is 0 Å². The summed E-state index contributed by atoms with van der Waals surface area (Å²) in [5, 5.41) is 5.02. The SMILES string of the molecule is CCNC(C)c1sc2cc3c(cc2c1C)CCC3. The summed E-state index contributed by atoms with van der Waals surface area (Å²) in [7, 11) is 0. The van der Waals surface area contributed by atoms with Gasteiger partial charge in [0.25, 0.3) is 0 Å². The van der Waals surface area contributed by atoms with Gasteiger partial charge in [0, 0.05) is 15.6 Å². The molecule has 1 heterocycles. The van der Waals surface area contributed by atoms with Crippen molar-refractivity contribution in [3.05, 3.63) is 33.7 Å². The van der Waals surface area contributed by atoms with Crippen LogP contribution >= 0.6 is 11.3 Å². The lowest BCUT2D eigenvalue weighted by atomic mass is 10.0. The van der Waals surface area contributed by atoms with Crippen LogP contribution in [0.25, 0.3) is 10.1 Å². The molecule has 0 saturated heterocycles. The Morgan fingerprint density at radius 2 is 2.00 bits per heavy atom. The monoisotopic (exact) mass is 259 g/mol. The van der Waals surface area contributed by atoms with Crippen molar-refractivity contribution in [3.63, 3.8) is 0 Å². The second kappa shape index (κ2) is 4.67. The Bertz CT molecular complexity index is 582. The van der Waals surface area contributed by atoms with Gasteiger partial charge in [-0.1, -0.05) is 6.92 Å². The summed E-state index contributed by atoms with van der Waals surface area (Å²) >= 11 is 1.98. The van der Waals surface area contributed by atoms with Crippen molar-refractivity contribution in [1.82, 2.24) is 5.32 Å². The highest BCUT2D eigenvalue weighted by molar-refractivity contribution is 7.19. The van der Waals surface area contributed by atoms with E-state index in [0.717, 1.165) is 6.54 Å². The predicted octanol–water partition coefficient (Wildman–Crippen LogP) is 4.37. The fraction of sp³-hybridized carbons (Fsp3) is 0.500. The number of hydrogen-bond acceptors (Lipinski definition) is 2. The van der Waals surface area contributed by atoms with Crippen LogP contribution in [0.5, 0.6) is 0 Å². The number of rotatable bonds is 3. The van der Waals surface area contributed by atoms with Crippen LogP contribution in [0.4, 0.5) is 0 Å². The summed E-state index contributed by atoms with van der Waals surface area (Å²) in [4.78, 5) is 1.51. The van der Waals surface area contributed by atoms with Gasteiger partial charge in [-0.3, -0.25) is 0 Å². The first-order valence-corrected chi connectivity index (χ1v) is 7.80. The Balaban J connectivity index is 2.11. The normalized spacial score (nSPS) is 16.2. The van der Waals surface area contributed by atoms with Gasteiger partial charge < -0.3 is 5.32 Å². The maximum atomic E-state index is 3.53. The molecule has 0 aliphatic heterocycles. The fourth-order valence-corrected chi connectivity index (χ4v) is 4.40. The Morgan fingerprint density at radius 1 is 1.28 bits per heavy atom. The second-order valence-electron chi connectivity index (χ2n) is 5.34. The molecule has 1 aliphatic carbocycles. The molecule has 0 bridgehead atoms. The standard InChI is InChI=1S/C16H21NS/c1-4-17-11(3)16-10(2)14-8-12-6-5-7-13(12)9-15(14)18-16/h8-9,11,17H,4-7H2,1-3H3. The summed E-state index contributed by atoms with van der Waals surface area (Å²) in [5.74, 6) is 0. The number of fused-ring (bicyclic) bond motifs is 2. The summed E-state index contributed by atoms with van der Waals surface area (Å²) in [6, 6.07) is 5.37. The van der Waals surface area contributed by atoms with Gasteiger partial charge in [0.05, 0.1) is 0 Å². The molecule has 1 aromatic heterocycles. The molecule has 0 fully saturated rings. The summed E-state index contributed by atoms with van der Waals surface area (Å²) in [6.45, 7) is 7.76. The summed E-state index contributed by atoms with van der Waals surface area (Å²) in [5.41, 5.74) is 4.66. The third kappa shape index (κ3) is 1.88. The quantitative estimate of drug-likeness (QED) is 0.863. The predicted molar refractivity (Wildman–Crippen MR) is 80.7 cm³/mol. The average molecular weight is 259 g/mol. The van der Waals surface area contributed by atoms with Crippen molar-refractivity contribution in [2.24, 2.45) is 0 Å². The van der Waals surface area contributed by atoms with Gasteiger partial charge in [-0.15, -0.1) is 11.3 Å². The first kappa shape index (κ1) is 12.2. The highest BCUT2D eigenvalue weighted by Crippen LogP contribution is 2.38. The third-order valence-electron chi connectivity index (χ3n) is 4.09. The third-order valence-corrected chi connectivity index (χ3v) is 5.53. The first-order chi connectivity index (χ1) is 8.70. The lowest BCUT2D eigenvalue weighted by Gasteiger charge is -2.11. The van der Waals surface area contributed by atoms with E-state index in [9.17, 15) is 0 Å². The van der Waals surface area contributed by atoms with E-state index in [0.29, 0.717) is 6.04 Å². The van der Waals surface area contributed by atoms with Gasteiger partial charge >= 0.3 is 0 Å². The van der Waals surface area contributed by atoms with E-state index in [2.05, 4.69) is 38.2 Å². The zero-order valence-corrected chi connectivity index (χ0v) is 12.3. The summed E-state index contributed by atoms with van der Waals surface area (Å²) in [6.07, 6.45) is 3.89. The molecule has 18 heavy (non-hydrogen) atoms. The van der Waals surface area contributed by atoms with E-state index in [1.165, 1.54) is 39.8 Å². The number of nitrogens with one attached hydrogen (secondary N) is 1. The first-order valence-electron chi connectivity index (χ1n) is 6.99. The Labute approximate surface area is 113 Å². The van der Waals surface area contributed by atoms with Gasteiger partial charge in [0.15, 0.2) is 0 Å². The fourth-order valence-electron chi connectivity index (χ4n) is 3.12. The minimum absolute atomic E-state index is 0.474. The number of hydrogen-bond donors (Lipinski definition) is 1. The second-order valence-corrected chi connectivity index (χ2v) is 6.43. The molecule has 1 N–H and O–H groups in total. The van der Waals surface area contributed by atoms with Gasteiger partial charge in [-0.2, -0.15) is 0 Å². The molecule has 1 atom stereocenters. The maximum Gasteiger partial charge on any atom is 0.0389 e. The van der Waals surface area contributed by atoms with Crippen molar-refractivity contribution < 1.29 is 0 Å². The Morgan fingerprint density at radius 3 is 2.72 bits per heavy atom. The van der Waals surface area contributed by atoms with Gasteiger partial charge in [0.1, 0.15) is 0 Å². The van der Waals surface area contributed by atoms with Crippen molar-refractivity contribution in [2.45, 2.75) is 46.1 Å². The number of benzene rings is 1. The van der Waals surface area contributed by atoms with Crippen molar-refractivity contribution in [3.8, 4) is 0 Å². The molecule has 1 aliphatic rings. The molecule has 2 aromatic rings. The van der Waals surface area contributed by atoms with Crippen LogP contribution in [0, 0.1) is 6.92 Å². The largest absolute Gasteiger partial charge is 0.310 e. The lowest BCUT2D eigenvalue weighted by molar-refractivity contribution is 0.605. The van der Waals surface area contributed by atoms with Crippen LogP contribution in [0.3, 0.4) is 0 Å². The minimum Gasteiger partial charge on any atom is -0.310 e. The molecular weight excluding hydrogens is 238 g/mol. The lowest BCUT2D eigenvalue weighted by Crippen LogP contribution is -2.17. The topological polar surface area (TPSA) is 12.0 Å². The molecule has 2 heteroatoms. The molecule has 96 valence electrons. The molecule has 0 radical (unpaired) electrons. The van der Waals surface area contributed by atoms with Crippen molar-refractivity contribution >= 4 is 21.4 Å². The zero-order valence-electron chi connectivity index (χ0n) is 11.5. The van der Waals surface area contributed by atoms with Gasteiger partial charge in [0.2, 0.25) is 0 Å². The highest BCUT2D eigenvalue weighted by atomic mass is 32.1. The van der Waals surface area contributed by atoms with Crippen LogP contribution in [0.15, 0.2) is 12.1 Å². The van der Waals surface area contributed by atoms with Crippen LogP contribution in [-0.4, -0.2) is 6.54 Å². The van der Waals surface area contributed by atoms with Crippen LogP contribution in [0.2, 0.25) is 0 Å². The Hall–Kier alpha value is -0.860. The van der Waals surface area contributed by atoms with Gasteiger partial charge in [-0.25, -0.2) is 0 Å². The van der Waals surface area contributed by atoms with E-state index >= 15 is 0 Å². The van der Waals surface area contributed by atoms with Crippen LogP contribution in [0.1, 0.15) is 47.9 Å². The van der Waals surface area contributed by atoms with E-state index in [4.69, 9.17) is 0 Å². The maximum absolute atomic E-state index is 3.53. The zero-order chi connectivity index (χ0) is 12.7. The van der Waals surface area contributed by atoms with Crippen molar-refractivity contribution in [1.29, 1.82) is 0 Å². The molecule has 3 rings (SSSR count). The number of thiophene rings is 1. The minimum atomic E-state index is 0.474. The molecule has 1 aromatic carbocycles. The van der Waals surface area contributed by atoms with Gasteiger partial charge in [-0.05, 0) is 73.9 Å². The molecule has 1 nitrogen and oxygen atoms in total. The van der Waals surface area contributed by atoms with E-state index in [1.54, 1.807) is 11.1 Å².